The number of fused-ring (bicyclic) bond motifs is 1. The number of thiophene rings is 1. The molecule has 1 N–H and O–H groups in total. The first-order chi connectivity index (χ1) is 17.6. The van der Waals surface area contributed by atoms with Crippen LogP contribution in [-0.4, -0.2) is 42.1 Å². The number of nitrogens with one attached hydrogen (secondary N) is 1. The van der Waals surface area contributed by atoms with E-state index >= 15 is 0 Å². The second kappa shape index (κ2) is 12.0. The minimum Gasteiger partial charge on any atom is -0.378 e. The lowest BCUT2D eigenvalue weighted by molar-refractivity contribution is 0.122. The standard InChI is InChI=1S/C25H21ClN4O3S.C2H6/c26-20-4-2-1-3-19(20)22-15-21-23(34-22)24(31)30(25(32)28-21)10-9-27-16-17-5-7-18(8-6-17)29-11-13-33-14-12-29;1-2/h1-10,15-16H,11-14H2,(H,28,32);1-2H3/b10-9+,27-16?;. The zero-order chi connectivity index (χ0) is 25.5. The number of benzene rings is 2. The molecule has 1 saturated heterocycles. The molecule has 5 rings (SSSR count). The molecule has 0 radical (unpaired) electrons. The van der Waals surface area contributed by atoms with Gasteiger partial charge in [0.25, 0.3) is 5.56 Å². The number of anilines is 1. The third-order valence-corrected chi connectivity index (χ3v) is 7.03. The summed E-state index contributed by atoms with van der Waals surface area (Å²) in [6, 6.07) is 17.2. The first-order valence-electron chi connectivity index (χ1n) is 11.8. The van der Waals surface area contributed by atoms with Crippen molar-refractivity contribution in [2.75, 3.05) is 31.2 Å². The Labute approximate surface area is 218 Å². The SMILES string of the molecule is CC.O=c1[nH]c2cc(-c3ccccc3Cl)sc2c(=O)n1/C=C/N=Cc1ccc(N2CCOCC2)cc1. The molecule has 2 aromatic heterocycles. The normalized spacial score (nSPS) is 13.9. The molecule has 0 aliphatic carbocycles. The predicted molar refractivity (Wildman–Crippen MR) is 151 cm³/mol. The molecule has 0 bridgehead atoms. The first-order valence-corrected chi connectivity index (χ1v) is 13.0. The van der Waals surface area contributed by atoms with Gasteiger partial charge in [-0.1, -0.05) is 55.8 Å². The van der Waals surface area contributed by atoms with E-state index < -0.39 is 11.2 Å². The number of rotatable bonds is 5. The highest BCUT2D eigenvalue weighted by atomic mass is 35.5. The van der Waals surface area contributed by atoms with Crippen molar-refractivity contribution in [3.8, 4) is 10.4 Å². The van der Waals surface area contributed by atoms with E-state index in [4.69, 9.17) is 16.3 Å². The van der Waals surface area contributed by atoms with Crippen molar-refractivity contribution in [3.63, 3.8) is 0 Å². The van der Waals surface area contributed by atoms with Gasteiger partial charge in [-0.15, -0.1) is 11.3 Å². The fourth-order valence-electron chi connectivity index (χ4n) is 3.78. The smallest absolute Gasteiger partial charge is 0.333 e. The minimum absolute atomic E-state index is 0.400. The second-order valence-electron chi connectivity index (χ2n) is 7.71. The molecule has 186 valence electrons. The van der Waals surface area contributed by atoms with Crippen LogP contribution in [0.5, 0.6) is 0 Å². The highest BCUT2D eigenvalue weighted by Gasteiger charge is 2.13. The van der Waals surface area contributed by atoms with Crippen LogP contribution in [0.3, 0.4) is 0 Å². The van der Waals surface area contributed by atoms with Gasteiger partial charge in [0.15, 0.2) is 0 Å². The molecule has 0 amide bonds. The first kappa shape index (κ1) is 25.6. The van der Waals surface area contributed by atoms with Crippen LogP contribution in [-0.2, 0) is 4.74 Å². The summed E-state index contributed by atoms with van der Waals surface area (Å²) < 4.78 is 6.86. The molecule has 4 aromatic rings. The lowest BCUT2D eigenvalue weighted by Gasteiger charge is -2.28. The Balaban J connectivity index is 0.00000148. The lowest BCUT2D eigenvalue weighted by atomic mass is 10.2. The highest BCUT2D eigenvalue weighted by molar-refractivity contribution is 7.22. The summed E-state index contributed by atoms with van der Waals surface area (Å²) in [5, 5.41) is 0.587. The number of ether oxygens (including phenoxy) is 1. The monoisotopic (exact) mass is 522 g/mol. The lowest BCUT2D eigenvalue weighted by Crippen LogP contribution is -2.36. The maximum Gasteiger partial charge on any atom is 0.333 e. The van der Waals surface area contributed by atoms with Gasteiger partial charge in [-0.3, -0.25) is 9.79 Å². The average molecular weight is 523 g/mol. The van der Waals surface area contributed by atoms with Gasteiger partial charge >= 0.3 is 5.69 Å². The summed E-state index contributed by atoms with van der Waals surface area (Å²) in [5.41, 5.74) is 2.45. The summed E-state index contributed by atoms with van der Waals surface area (Å²) in [6.45, 7) is 7.25. The van der Waals surface area contributed by atoms with Crippen molar-refractivity contribution >= 4 is 51.3 Å². The average Bonchev–Trinajstić information content (AvgIpc) is 3.34. The number of hydrogen-bond acceptors (Lipinski definition) is 6. The fourth-order valence-corrected chi connectivity index (χ4v) is 5.16. The Morgan fingerprint density at radius 1 is 1.06 bits per heavy atom. The van der Waals surface area contributed by atoms with Crippen molar-refractivity contribution in [2.45, 2.75) is 13.8 Å². The van der Waals surface area contributed by atoms with Crippen LogP contribution < -0.4 is 16.1 Å². The van der Waals surface area contributed by atoms with Crippen molar-refractivity contribution in [1.82, 2.24) is 9.55 Å². The molecule has 1 aliphatic rings. The molecular formula is C27H27ClN4O3S. The van der Waals surface area contributed by atoms with Gasteiger partial charge < -0.3 is 14.6 Å². The van der Waals surface area contributed by atoms with Crippen molar-refractivity contribution in [3.05, 3.63) is 92.2 Å². The quantitative estimate of drug-likeness (QED) is 0.352. The number of aromatic nitrogens is 2. The highest BCUT2D eigenvalue weighted by Crippen LogP contribution is 2.34. The van der Waals surface area contributed by atoms with Crippen LogP contribution in [0.15, 0.2) is 75.4 Å². The molecule has 1 aliphatic heterocycles. The van der Waals surface area contributed by atoms with Crippen LogP contribution in [0.25, 0.3) is 26.9 Å². The number of H-pyrrole nitrogens is 1. The predicted octanol–water partition coefficient (Wildman–Crippen LogP) is 5.48. The third kappa shape index (κ3) is 5.67. The molecule has 36 heavy (non-hydrogen) atoms. The molecule has 0 unspecified atom stereocenters. The summed E-state index contributed by atoms with van der Waals surface area (Å²) >= 11 is 7.58. The van der Waals surface area contributed by atoms with Gasteiger partial charge in [-0.25, -0.2) is 9.36 Å². The Bertz CT molecular complexity index is 1500. The molecule has 2 aromatic carbocycles. The zero-order valence-electron chi connectivity index (χ0n) is 20.1. The van der Waals surface area contributed by atoms with Gasteiger partial charge in [0.2, 0.25) is 0 Å². The van der Waals surface area contributed by atoms with Crippen molar-refractivity contribution in [1.29, 1.82) is 0 Å². The summed E-state index contributed by atoms with van der Waals surface area (Å²) in [6.07, 6.45) is 4.48. The number of morpholine rings is 1. The Kier molecular flexibility index (Phi) is 8.53. The van der Waals surface area contributed by atoms with E-state index in [1.165, 1.54) is 23.7 Å². The Hall–Kier alpha value is -3.46. The van der Waals surface area contributed by atoms with E-state index in [9.17, 15) is 9.59 Å². The van der Waals surface area contributed by atoms with Gasteiger partial charge in [0.1, 0.15) is 4.70 Å². The zero-order valence-corrected chi connectivity index (χ0v) is 21.7. The van der Waals surface area contributed by atoms with Gasteiger partial charge in [0, 0.05) is 52.9 Å². The van der Waals surface area contributed by atoms with Gasteiger partial charge in [0.05, 0.1) is 18.7 Å². The fraction of sp³-hybridized carbons (Fsp3) is 0.222. The Morgan fingerprint density at radius 2 is 1.78 bits per heavy atom. The maximum absolute atomic E-state index is 12.9. The molecule has 0 spiro atoms. The number of halogens is 1. The summed E-state index contributed by atoms with van der Waals surface area (Å²) in [7, 11) is 0. The van der Waals surface area contributed by atoms with Crippen molar-refractivity contribution in [2.24, 2.45) is 4.99 Å². The van der Waals surface area contributed by atoms with Crippen LogP contribution in [0.1, 0.15) is 19.4 Å². The van der Waals surface area contributed by atoms with Crippen LogP contribution in [0.4, 0.5) is 5.69 Å². The van der Waals surface area contributed by atoms with E-state index in [0.29, 0.717) is 15.2 Å². The maximum atomic E-state index is 12.9. The third-order valence-electron chi connectivity index (χ3n) is 5.54. The van der Waals surface area contributed by atoms with E-state index in [2.05, 4.69) is 14.9 Å². The van der Waals surface area contributed by atoms with Crippen LogP contribution in [0, 0.1) is 0 Å². The molecule has 0 atom stereocenters. The summed E-state index contributed by atoms with van der Waals surface area (Å²) in [5.74, 6) is 0. The van der Waals surface area contributed by atoms with Gasteiger partial charge in [-0.2, -0.15) is 0 Å². The van der Waals surface area contributed by atoms with Gasteiger partial charge in [-0.05, 0) is 29.8 Å². The summed E-state index contributed by atoms with van der Waals surface area (Å²) in [4.78, 5) is 35.5. The van der Waals surface area contributed by atoms with Crippen LogP contribution >= 0.6 is 22.9 Å². The number of aliphatic imine (C=N–C) groups is 1. The van der Waals surface area contributed by atoms with Crippen molar-refractivity contribution < 1.29 is 4.74 Å². The minimum atomic E-state index is -0.526. The second-order valence-corrected chi connectivity index (χ2v) is 9.17. The molecule has 7 nitrogen and oxygen atoms in total. The number of aromatic amines is 1. The largest absolute Gasteiger partial charge is 0.378 e. The molecule has 0 saturated carbocycles. The van der Waals surface area contributed by atoms with Crippen LogP contribution in [0.2, 0.25) is 5.02 Å². The number of hydrogen-bond donors (Lipinski definition) is 1. The molecule has 9 heteroatoms. The van der Waals surface area contributed by atoms with E-state index in [-0.39, 0.29) is 0 Å². The number of nitrogens with zero attached hydrogens (tertiary/aromatic N) is 3. The van der Waals surface area contributed by atoms with E-state index in [1.54, 1.807) is 18.3 Å². The Morgan fingerprint density at radius 3 is 2.50 bits per heavy atom. The molecular weight excluding hydrogens is 496 g/mol. The topological polar surface area (TPSA) is 79.7 Å². The van der Waals surface area contributed by atoms with E-state index in [0.717, 1.165) is 52.6 Å². The van der Waals surface area contributed by atoms with E-state index in [1.807, 2.05) is 56.3 Å². The molecule has 3 heterocycles. The molecule has 1 fully saturated rings.